The average molecular weight is 356 g/mol. The number of nitrogens with zero attached hydrogens (tertiary/aromatic N) is 4. The fraction of sp³-hybridized carbons (Fsp3) is 0.176. The maximum Gasteiger partial charge on any atom is 0.283 e. The summed E-state index contributed by atoms with van der Waals surface area (Å²) in [6.45, 7) is 0. The van der Waals surface area contributed by atoms with Gasteiger partial charge in [0.05, 0.1) is 28.7 Å². The van der Waals surface area contributed by atoms with Gasteiger partial charge in [0.1, 0.15) is 0 Å². The highest BCUT2D eigenvalue weighted by Crippen LogP contribution is 2.43. The second-order valence-corrected chi connectivity index (χ2v) is 5.82. The smallest absolute Gasteiger partial charge is 0.283 e. The van der Waals surface area contributed by atoms with Crippen LogP contribution in [0.3, 0.4) is 0 Å². The van der Waals surface area contributed by atoms with Gasteiger partial charge < -0.3 is 22.4 Å². The second kappa shape index (κ2) is 7.30. The number of fused-ring (bicyclic) bond motifs is 1. The fourth-order valence-corrected chi connectivity index (χ4v) is 2.91. The first-order chi connectivity index (χ1) is 11.6. The number of hydrogen-bond acceptors (Lipinski definition) is 3. The normalized spacial score (nSPS) is 12.8. The maximum absolute atomic E-state index is 12.3. The Morgan fingerprint density at radius 1 is 1.15 bits per heavy atom. The fourth-order valence-electron chi connectivity index (χ4n) is 2.91. The molecule has 0 unspecified atom stereocenters. The topological polar surface area (TPSA) is 175 Å². The molecule has 1 fully saturated rings. The molecule has 0 spiro atoms. The van der Waals surface area contributed by atoms with E-state index in [4.69, 9.17) is 11.5 Å². The molecule has 3 aromatic rings. The van der Waals surface area contributed by atoms with E-state index in [1.54, 1.807) is 6.20 Å². The van der Waals surface area contributed by atoms with Crippen LogP contribution in [0.5, 0.6) is 0 Å². The molecule has 0 atom stereocenters. The molecule has 1 saturated carbocycles. The van der Waals surface area contributed by atoms with Gasteiger partial charge in [-0.2, -0.15) is 10.1 Å². The SMILES string of the molecule is NC(N)=NC(=O)c1cnn(-c2cccc3ncccc23)c1C1CC1.O.O. The predicted molar refractivity (Wildman–Crippen MR) is 98.2 cm³/mol. The molecule has 9 nitrogen and oxygen atoms in total. The van der Waals surface area contributed by atoms with E-state index in [1.165, 1.54) is 6.20 Å². The lowest BCUT2D eigenvalue weighted by Gasteiger charge is -2.10. The summed E-state index contributed by atoms with van der Waals surface area (Å²) < 4.78 is 1.82. The van der Waals surface area contributed by atoms with Crippen molar-refractivity contribution in [1.82, 2.24) is 14.8 Å². The molecule has 8 N–H and O–H groups in total. The molecular formula is C17H20N6O3. The van der Waals surface area contributed by atoms with Gasteiger partial charge in [0.2, 0.25) is 0 Å². The van der Waals surface area contributed by atoms with Gasteiger partial charge in [-0.25, -0.2) is 4.68 Å². The van der Waals surface area contributed by atoms with Crippen molar-refractivity contribution in [1.29, 1.82) is 0 Å². The molecule has 136 valence electrons. The Kier molecular flexibility index (Phi) is 5.34. The van der Waals surface area contributed by atoms with E-state index in [9.17, 15) is 4.79 Å². The first-order valence-electron chi connectivity index (χ1n) is 7.71. The summed E-state index contributed by atoms with van der Waals surface area (Å²) >= 11 is 0. The van der Waals surface area contributed by atoms with Gasteiger partial charge in [-0.3, -0.25) is 9.78 Å². The van der Waals surface area contributed by atoms with Gasteiger partial charge in [-0.15, -0.1) is 0 Å². The standard InChI is InChI=1S/C17H16N6O.2H2O/c18-17(19)22-16(24)12-9-21-23(15(12)10-6-7-10)14-5-1-4-13-11(14)3-2-8-20-13;;/h1-5,8-10H,6-7H2,(H4,18,19,22,24);2*1H2. The van der Waals surface area contributed by atoms with Crippen molar-refractivity contribution >= 4 is 22.8 Å². The van der Waals surface area contributed by atoms with Gasteiger partial charge in [0.25, 0.3) is 5.91 Å². The van der Waals surface area contributed by atoms with E-state index < -0.39 is 5.91 Å². The van der Waals surface area contributed by atoms with Crippen LogP contribution in [0.15, 0.2) is 47.7 Å². The first-order valence-corrected chi connectivity index (χ1v) is 7.71. The number of hydrogen-bond donors (Lipinski definition) is 2. The summed E-state index contributed by atoms with van der Waals surface area (Å²) in [6, 6.07) is 9.73. The molecule has 2 aromatic heterocycles. The molecule has 0 saturated heterocycles. The van der Waals surface area contributed by atoms with E-state index >= 15 is 0 Å². The molecule has 4 rings (SSSR count). The van der Waals surface area contributed by atoms with E-state index in [0.29, 0.717) is 11.5 Å². The molecule has 1 aliphatic carbocycles. The molecule has 1 amide bonds. The number of carbonyl (C=O) groups excluding carboxylic acids is 1. The summed E-state index contributed by atoms with van der Waals surface area (Å²) in [5, 5.41) is 5.42. The number of guanidine groups is 1. The largest absolute Gasteiger partial charge is 0.412 e. The Labute approximate surface area is 149 Å². The van der Waals surface area contributed by atoms with Crippen LogP contribution < -0.4 is 11.5 Å². The van der Waals surface area contributed by atoms with Crippen LogP contribution in [0.25, 0.3) is 16.6 Å². The number of carbonyl (C=O) groups is 1. The van der Waals surface area contributed by atoms with Gasteiger partial charge in [-0.05, 0) is 37.1 Å². The molecule has 1 aliphatic rings. The van der Waals surface area contributed by atoms with E-state index in [0.717, 1.165) is 35.1 Å². The predicted octanol–water partition coefficient (Wildman–Crippen LogP) is 0.0621. The number of aliphatic imine (C=N–C) groups is 1. The highest BCUT2D eigenvalue weighted by Gasteiger charge is 2.33. The van der Waals surface area contributed by atoms with E-state index in [-0.39, 0.29) is 16.9 Å². The van der Waals surface area contributed by atoms with Crippen LogP contribution in [0.2, 0.25) is 0 Å². The third-order valence-electron chi connectivity index (χ3n) is 4.08. The monoisotopic (exact) mass is 356 g/mol. The Bertz CT molecular complexity index is 968. The highest BCUT2D eigenvalue weighted by molar-refractivity contribution is 6.03. The third-order valence-corrected chi connectivity index (χ3v) is 4.08. The van der Waals surface area contributed by atoms with E-state index in [1.807, 2.05) is 35.0 Å². The minimum absolute atomic E-state index is 0. The van der Waals surface area contributed by atoms with E-state index in [2.05, 4.69) is 15.1 Å². The van der Waals surface area contributed by atoms with Crippen molar-refractivity contribution in [3.63, 3.8) is 0 Å². The van der Waals surface area contributed by atoms with Gasteiger partial charge in [0, 0.05) is 17.5 Å². The molecule has 2 heterocycles. The van der Waals surface area contributed by atoms with Crippen molar-refractivity contribution in [2.24, 2.45) is 16.5 Å². The zero-order chi connectivity index (χ0) is 16.7. The summed E-state index contributed by atoms with van der Waals surface area (Å²) in [7, 11) is 0. The molecule has 26 heavy (non-hydrogen) atoms. The molecule has 9 heteroatoms. The van der Waals surface area contributed by atoms with Crippen LogP contribution in [0.4, 0.5) is 0 Å². The summed E-state index contributed by atoms with van der Waals surface area (Å²) in [5.74, 6) is -0.405. The highest BCUT2D eigenvalue weighted by atomic mass is 16.1. The Hall–Kier alpha value is -3.30. The zero-order valence-electron chi connectivity index (χ0n) is 13.9. The zero-order valence-corrected chi connectivity index (χ0v) is 13.9. The van der Waals surface area contributed by atoms with Crippen LogP contribution in [0, 0.1) is 0 Å². The number of nitrogens with two attached hydrogens (primary N) is 2. The lowest BCUT2D eigenvalue weighted by Crippen LogP contribution is -2.24. The number of rotatable bonds is 3. The lowest BCUT2D eigenvalue weighted by atomic mass is 10.1. The Balaban J connectivity index is 0.00000121. The van der Waals surface area contributed by atoms with Crippen LogP contribution in [0.1, 0.15) is 34.8 Å². The van der Waals surface area contributed by atoms with Crippen molar-refractivity contribution in [3.05, 3.63) is 54.0 Å². The summed E-state index contributed by atoms with van der Waals surface area (Å²) in [6.07, 6.45) is 5.34. The molecular weight excluding hydrogens is 336 g/mol. The number of amides is 1. The average Bonchev–Trinajstić information content (AvgIpc) is 3.32. The quantitative estimate of drug-likeness (QED) is 0.497. The molecule has 0 radical (unpaired) electrons. The molecule has 0 aliphatic heterocycles. The maximum atomic E-state index is 12.3. The Morgan fingerprint density at radius 3 is 2.62 bits per heavy atom. The third kappa shape index (κ3) is 3.25. The van der Waals surface area contributed by atoms with Crippen molar-refractivity contribution in [2.45, 2.75) is 18.8 Å². The van der Waals surface area contributed by atoms with Crippen LogP contribution in [-0.4, -0.2) is 37.6 Å². The minimum atomic E-state index is -0.457. The lowest BCUT2D eigenvalue weighted by molar-refractivity contribution is 0.100. The van der Waals surface area contributed by atoms with Gasteiger partial charge in [0.15, 0.2) is 5.96 Å². The summed E-state index contributed by atoms with van der Waals surface area (Å²) in [4.78, 5) is 20.3. The number of pyridine rings is 1. The van der Waals surface area contributed by atoms with Crippen molar-refractivity contribution < 1.29 is 15.7 Å². The second-order valence-electron chi connectivity index (χ2n) is 5.82. The number of benzene rings is 1. The molecule has 1 aromatic carbocycles. The van der Waals surface area contributed by atoms with Gasteiger partial charge >= 0.3 is 0 Å². The molecule has 0 bridgehead atoms. The van der Waals surface area contributed by atoms with Crippen LogP contribution >= 0.6 is 0 Å². The number of aromatic nitrogens is 3. The Morgan fingerprint density at radius 2 is 1.92 bits per heavy atom. The summed E-state index contributed by atoms with van der Waals surface area (Å²) in [5.41, 5.74) is 13.8. The van der Waals surface area contributed by atoms with Crippen molar-refractivity contribution in [3.8, 4) is 5.69 Å². The van der Waals surface area contributed by atoms with Gasteiger partial charge in [-0.1, -0.05) is 6.07 Å². The first kappa shape index (κ1) is 19.0. The minimum Gasteiger partial charge on any atom is -0.412 e. The van der Waals surface area contributed by atoms with Crippen LogP contribution in [-0.2, 0) is 0 Å². The van der Waals surface area contributed by atoms with Crippen molar-refractivity contribution in [2.75, 3.05) is 0 Å².